The first-order valence-corrected chi connectivity index (χ1v) is 11.4. The molecule has 0 spiro atoms. The number of anilines is 1. The van der Waals surface area contributed by atoms with Gasteiger partial charge in [0, 0.05) is 11.3 Å². The van der Waals surface area contributed by atoms with Crippen LogP contribution in [0.25, 0.3) is 16.7 Å². The van der Waals surface area contributed by atoms with Gasteiger partial charge in [0.15, 0.2) is 5.11 Å². The van der Waals surface area contributed by atoms with Gasteiger partial charge in [-0.25, -0.2) is 0 Å². The number of hydrogen-bond acceptors (Lipinski definition) is 6. The standard InChI is InChI=1S/C25H25N5O3S/c1-3-15-33-21-10-5-17(6-11-21)24(31)27-25(34)26-18-7-14-22-23(16-18)29-30(28-22)19-8-12-20(13-9-19)32-4-2/h5-14,16H,3-4,15H2,1-2H3,(H2,26,27,31,34). The molecular weight excluding hydrogens is 450 g/mol. The molecule has 0 aliphatic heterocycles. The Balaban J connectivity index is 1.39. The van der Waals surface area contributed by atoms with E-state index in [1.165, 1.54) is 0 Å². The summed E-state index contributed by atoms with van der Waals surface area (Å²) in [7, 11) is 0. The van der Waals surface area contributed by atoms with Crippen molar-refractivity contribution in [2.45, 2.75) is 20.3 Å². The van der Waals surface area contributed by atoms with E-state index in [1.54, 1.807) is 29.1 Å². The number of carbonyl (C=O) groups is 1. The monoisotopic (exact) mass is 475 g/mol. The van der Waals surface area contributed by atoms with E-state index in [-0.39, 0.29) is 11.0 Å². The summed E-state index contributed by atoms with van der Waals surface area (Å²) < 4.78 is 11.0. The molecule has 0 atom stereocenters. The van der Waals surface area contributed by atoms with Gasteiger partial charge in [0.1, 0.15) is 22.5 Å². The second kappa shape index (κ2) is 10.8. The molecule has 0 bridgehead atoms. The predicted octanol–water partition coefficient (Wildman–Crippen LogP) is 4.73. The number of thiocarbonyl (C=S) groups is 1. The summed E-state index contributed by atoms with van der Waals surface area (Å²) >= 11 is 5.31. The van der Waals surface area contributed by atoms with Gasteiger partial charge in [-0.2, -0.15) is 4.80 Å². The fourth-order valence-corrected chi connectivity index (χ4v) is 3.42. The maximum absolute atomic E-state index is 12.5. The van der Waals surface area contributed by atoms with Crippen LogP contribution in [0.3, 0.4) is 0 Å². The first-order valence-electron chi connectivity index (χ1n) is 11.0. The summed E-state index contributed by atoms with van der Waals surface area (Å²) in [6.45, 7) is 5.23. The maximum atomic E-state index is 12.5. The summed E-state index contributed by atoms with van der Waals surface area (Å²) in [5, 5.41) is 15.0. The quantitative estimate of drug-likeness (QED) is 0.356. The molecule has 0 saturated heterocycles. The van der Waals surface area contributed by atoms with E-state index in [0.29, 0.717) is 30.0 Å². The molecule has 0 unspecified atom stereocenters. The topological polar surface area (TPSA) is 90.3 Å². The maximum Gasteiger partial charge on any atom is 0.257 e. The Bertz CT molecular complexity index is 1290. The van der Waals surface area contributed by atoms with Crippen molar-refractivity contribution >= 4 is 40.0 Å². The smallest absolute Gasteiger partial charge is 0.257 e. The lowest BCUT2D eigenvalue weighted by Gasteiger charge is -2.10. The Morgan fingerprint density at radius 1 is 0.912 bits per heavy atom. The average Bonchev–Trinajstić information content (AvgIpc) is 3.27. The molecule has 0 fully saturated rings. The Morgan fingerprint density at radius 3 is 2.29 bits per heavy atom. The molecule has 9 heteroatoms. The summed E-state index contributed by atoms with van der Waals surface area (Å²) in [4.78, 5) is 14.1. The molecule has 4 aromatic rings. The van der Waals surface area contributed by atoms with Crippen LogP contribution in [-0.4, -0.2) is 39.2 Å². The number of aromatic nitrogens is 3. The molecular formula is C25H25N5O3S. The molecule has 0 saturated carbocycles. The summed E-state index contributed by atoms with van der Waals surface area (Å²) in [5.41, 5.74) is 3.43. The minimum absolute atomic E-state index is 0.189. The third-order valence-corrected chi connectivity index (χ3v) is 5.04. The van der Waals surface area contributed by atoms with Crippen molar-refractivity contribution in [2.75, 3.05) is 18.5 Å². The van der Waals surface area contributed by atoms with Crippen LogP contribution in [0.5, 0.6) is 11.5 Å². The largest absolute Gasteiger partial charge is 0.494 e. The van der Waals surface area contributed by atoms with Gasteiger partial charge in [0.05, 0.1) is 18.9 Å². The van der Waals surface area contributed by atoms with E-state index in [4.69, 9.17) is 21.7 Å². The van der Waals surface area contributed by atoms with Crippen molar-refractivity contribution in [3.8, 4) is 17.2 Å². The molecule has 1 aromatic heterocycles. The van der Waals surface area contributed by atoms with Crippen LogP contribution >= 0.6 is 12.2 Å². The number of nitrogens with one attached hydrogen (secondary N) is 2. The third kappa shape index (κ3) is 5.68. The van der Waals surface area contributed by atoms with Crippen LogP contribution in [-0.2, 0) is 0 Å². The molecule has 8 nitrogen and oxygen atoms in total. The molecule has 34 heavy (non-hydrogen) atoms. The van der Waals surface area contributed by atoms with Gasteiger partial charge in [0.25, 0.3) is 5.91 Å². The lowest BCUT2D eigenvalue weighted by atomic mass is 10.2. The molecule has 0 radical (unpaired) electrons. The fraction of sp³-hybridized carbons (Fsp3) is 0.200. The van der Waals surface area contributed by atoms with E-state index in [0.717, 1.165) is 29.1 Å². The van der Waals surface area contributed by atoms with Gasteiger partial charge in [-0.15, -0.1) is 10.2 Å². The number of amides is 1. The normalized spacial score (nSPS) is 10.6. The summed E-state index contributed by atoms with van der Waals surface area (Å²) in [5.74, 6) is 1.22. The second-order valence-corrected chi connectivity index (χ2v) is 7.81. The van der Waals surface area contributed by atoms with Gasteiger partial charge in [-0.3, -0.25) is 10.1 Å². The molecule has 4 rings (SSSR count). The van der Waals surface area contributed by atoms with Crippen molar-refractivity contribution in [1.82, 2.24) is 20.3 Å². The molecule has 0 aliphatic carbocycles. The van der Waals surface area contributed by atoms with Gasteiger partial charge in [-0.1, -0.05) is 6.92 Å². The van der Waals surface area contributed by atoms with E-state index in [2.05, 4.69) is 20.8 Å². The van der Waals surface area contributed by atoms with E-state index in [9.17, 15) is 4.79 Å². The van der Waals surface area contributed by atoms with Gasteiger partial charge in [0.2, 0.25) is 0 Å². The van der Waals surface area contributed by atoms with Crippen LogP contribution in [0.15, 0.2) is 66.7 Å². The zero-order chi connectivity index (χ0) is 23.9. The van der Waals surface area contributed by atoms with Gasteiger partial charge in [-0.05, 0) is 92.3 Å². The number of hydrogen-bond donors (Lipinski definition) is 2. The Hall–Kier alpha value is -3.98. The Labute approximate surface area is 202 Å². The van der Waals surface area contributed by atoms with E-state index in [1.807, 2.05) is 56.3 Å². The Kier molecular flexibility index (Phi) is 7.34. The van der Waals surface area contributed by atoms with Crippen LogP contribution in [0.1, 0.15) is 30.6 Å². The van der Waals surface area contributed by atoms with Gasteiger partial charge >= 0.3 is 0 Å². The SMILES string of the molecule is CCCOc1ccc(C(=O)NC(=S)Nc2ccc3nn(-c4ccc(OCC)cc4)nc3c2)cc1. The second-order valence-electron chi connectivity index (χ2n) is 7.40. The number of carbonyl (C=O) groups excluding carboxylic acids is 1. The van der Waals surface area contributed by atoms with Crippen molar-refractivity contribution < 1.29 is 14.3 Å². The zero-order valence-corrected chi connectivity index (χ0v) is 19.8. The number of benzene rings is 3. The summed E-state index contributed by atoms with van der Waals surface area (Å²) in [6, 6.07) is 20.0. The van der Waals surface area contributed by atoms with Crippen LogP contribution in [0, 0.1) is 0 Å². The number of nitrogens with zero attached hydrogens (tertiary/aromatic N) is 3. The first kappa shape index (κ1) is 23.2. The predicted molar refractivity (Wildman–Crippen MR) is 136 cm³/mol. The number of ether oxygens (including phenoxy) is 2. The highest BCUT2D eigenvalue weighted by Gasteiger charge is 2.10. The highest BCUT2D eigenvalue weighted by atomic mass is 32.1. The molecule has 2 N–H and O–H groups in total. The van der Waals surface area contributed by atoms with Crippen molar-refractivity contribution in [2.24, 2.45) is 0 Å². The highest BCUT2D eigenvalue weighted by molar-refractivity contribution is 7.80. The van der Waals surface area contributed by atoms with Crippen molar-refractivity contribution in [3.05, 3.63) is 72.3 Å². The minimum atomic E-state index is -0.304. The van der Waals surface area contributed by atoms with Crippen LogP contribution in [0.2, 0.25) is 0 Å². The molecule has 174 valence electrons. The molecule has 0 aliphatic rings. The van der Waals surface area contributed by atoms with Crippen molar-refractivity contribution in [1.29, 1.82) is 0 Å². The fourth-order valence-electron chi connectivity index (χ4n) is 3.21. The molecule has 3 aromatic carbocycles. The molecule has 1 heterocycles. The van der Waals surface area contributed by atoms with E-state index < -0.39 is 0 Å². The van der Waals surface area contributed by atoms with Crippen molar-refractivity contribution in [3.63, 3.8) is 0 Å². The lowest BCUT2D eigenvalue weighted by molar-refractivity contribution is 0.0977. The summed E-state index contributed by atoms with van der Waals surface area (Å²) in [6.07, 6.45) is 0.922. The molecule has 1 amide bonds. The average molecular weight is 476 g/mol. The minimum Gasteiger partial charge on any atom is -0.494 e. The number of rotatable bonds is 8. The number of fused-ring (bicyclic) bond motifs is 1. The zero-order valence-electron chi connectivity index (χ0n) is 18.9. The Morgan fingerprint density at radius 2 is 1.59 bits per heavy atom. The highest BCUT2D eigenvalue weighted by Crippen LogP contribution is 2.19. The van der Waals surface area contributed by atoms with Gasteiger partial charge < -0.3 is 14.8 Å². The van der Waals surface area contributed by atoms with Crippen LogP contribution < -0.4 is 20.1 Å². The lowest BCUT2D eigenvalue weighted by Crippen LogP contribution is -2.34. The van der Waals surface area contributed by atoms with Crippen LogP contribution in [0.4, 0.5) is 5.69 Å². The first-order chi connectivity index (χ1) is 16.6. The van der Waals surface area contributed by atoms with E-state index >= 15 is 0 Å². The third-order valence-electron chi connectivity index (χ3n) is 4.83.